The Morgan fingerprint density at radius 2 is 2.00 bits per heavy atom. The third-order valence-electron chi connectivity index (χ3n) is 8.59. The first-order chi connectivity index (χ1) is 14.2. The number of rotatable bonds is 7. The zero-order valence-corrected chi connectivity index (χ0v) is 19.5. The molecular formula is C27H44O3. The van der Waals surface area contributed by atoms with Crippen LogP contribution in [0.2, 0.25) is 0 Å². The Labute approximate surface area is 184 Å². The van der Waals surface area contributed by atoms with Crippen LogP contribution in [-0.2, 0) is 0 Å². The van der Waals surface area contributed by atoms with E-state index in [1.807, 2.05) is 0 Å². The molecule has 30 heavy (non-hydrogen) atoms. The number of aliphatic hydroxyl groups excluding tert-OH is 2. The van der Waals surface area contributed by atoms with Gasteiger partial charge in [0.25, 0.3) is 0 Å². The summed E-state index contributed by atoms with van der Waals surface area (Å²) in [5, 5.41) is 30.8. The van der Waals surface area contributed by atoms with Crippen molar-refractivity contribution in [2.75, 3.05) is 6.61 Å². The van der Waals surface area contributed by atoms with Crippen molar-refractivity contribution in [1.29, 1.82) is 0 Å². The molecule has 170 valence electrons. The van der Waals surface area contributed by atoms with Crippen LogP contribution >= 0.6 is 0 Å². The predicted octanol–water partition coefficient (Wildman–Crippen LogP) is 5.71. The van der Waals surface area contributed by atoms with Crippen molar-refractivity contribution in [2.45, 2.75) is 103 Å². The highest BCUT2D eigenvalue weighted by Gasteiger charge is 2.54. The van der Waals surface area contributed by atoms with E-state index in [1.54, 1.807) is 0 Å². The molecule has 3 heteroatoms. The molecule has 0 aromatic rings. The minimum absolute atomic E-state index is 0.164. The molecule has 3 nitrogen and oxygen atoms in total. The molecule has 3 aliphatic rings. The van der Waals surface area contributed by atoms with Gasteiger partial charge < -0.3 is 15.3 Å². The van der Waals surface area contributed by atoms with Crippen LogP contribution in [0.25, 0.3) is 0 Å². The maximum atomic E-state index is 11.5. The van der Waals surface area contributed by atoms with E-state index in [2.05, 4.69) is 39.5 Å². The molecular weight excluding hydrogens is 372 g/mol. The molecule has 3 fully saturated rings. The molecule has 6 atom stereocenters. The van der Waals surface area contributed by atoms with Gasteiger partial charge in [0, 0.05) is 6.61 Å². The molecule has 0 amide bonds. The van der Waals surface area contributed by atoms with Crippen LogP contribution in [0.15, 0.2) is 35.5 Å². The van der Waals surface area contributed by atoms with E-state index in [4.69, 9.17) is 0 Å². The summed E-state index contributed by atoms with van der Waals surface area (Å²) in [6, 6.07) is 0. The number of fused-ring (bicyclic) bond motifs is 1. The first kappa shape index (κ1) is 23.8. The van der Waals surface area contributed by atoms with Gasteiger partial charge in [0.05, 0.1) is 11.7 Å². The van der Waals surface area contributed by atoms with E-state index in [1.165, 1.54) is 36.0 Å². The third-order valence-corrected chi connectivity index (χ3v) is 8.59. The van der Waals surface area contributed by atoms with Gasteiger partial charge in [0.15, 0.2) is 0 Å². The minimum atomic E-state index is -0.638. The number of aliphatic hydroxyl groups is 3. The predicted molar refractivity (Wildman–Crippen MR) is 124 cm³/mol. The van der Waals surface area contributed by atoms with E-state index in [0.717, 1.165) is 51.4 Å². The van der Waals surface area contributed by atoms with E-state index >= 15 is 0 Å². The molecule has 0 radical (unpaired) electrons. The van der Waals surface area contributed by atoms with Crippen molar-refractivity contribution in [3.05, 3.63) is 35.5 Å². The Balaban J connectivity index is 1.72. The summed E-state index contributed by atoms with van der Waals surface area (Å²) in [7, 11) is 0. The summed E-state index contributed by atoms with van der Waals surface area (Å²) >= 11 is 0. The fourth-order valence-corrected chi connectivity index (χ4v) is 6.73. The second-order valence-corrected chi connectivity index (χ2v) is 11.0. The van der Waals surface area contributed by atoms with Crippen LogP contribution in [-0.4, -0.2) is 33.6 Å². The SMILES string of the molecule is C=C1CC[C@H](O)CC1=CC=C1CCC[C@@]2(C)C1CC[C@@H]2[C@@](C)(O)CCCC(C)CO. The Hall–Kier alpha value is -0.900. The smallest absolute Gasteiger partial charge is 0.0653 e. The molecule has 3 rings (SSSR count). The Morgan fingerprint density at radius 3 is 2.73 bits per heavy atom. The lowest BCUT2D eigenvalue weighted by Gasteiger charge is -2.47. The molecule has 3 N–H and O–H groups in total. The highest BCUT2D eigenvalue weighted by atomic mass is 16.3. The van der Waals surface area contributed by atoms with Crippen molar-refractivity contribution in [3.8, 4) is 0 Å². The maximum Gasteiger partial charge on any atom is 0.0653 e. The minimum Gasteiger partial charge on any atom is -0.396 e. The van der Waals surface area contributed by atoms with Crippen LogP contribution in [0.1, 0.15) is 91.4 Å². The summed E-state index contributed by atoms with van der Waals surface area (Å²) < 4.78 is 0. The van der Waals surface area contributed by atoms with Gasteiger partial charge in [0.2, 0.25) is 0 Å². The Morgan fingerprint density at radius 1 is 1.23 bits per heavy atom. The van der Waals surface area contributed by atoms with E-state index in [9.17, 15) is 15.3 Å². The summed E-state index contributed by atoms with van der Waals surface area (Å²) in [5.74, 6) is 1.21. The second kappa shape index (κ2) is 9.71. The van der Waals surface area contributed by atoms with Gasteiger partial charge in [-0.05, 0) is 99.9 Å². The van der Waals surface area contributed by atoms with Crippen molar-refractivity contribution < 1.29 is 15.3 Å². The van der Waals surface area contributed by atoms with Crippen molar-refractivity contribution in [3.63, 3.8) is 0 Å². The molecule has 3 saturated carbocycles. The zero-order chi connectivity index (χ0) is 21.9. The number of allylic oxidation sites excluding steroid dienone is 4. The highest BCUT2D eigenvalue weighted by Crippen LogP contribution is 2.60. The van der Waals surface area contributed by atoms with Crippen LogP contribution < -0.4 is 0 Å². The van der Waals surface area contributed by atoms with Gasteiger partial charge in [-0.2, -0.15) is 0 Å². The Kier molecular flexibility index (Phi) is 7.69. The summed E-state index contributed by atoms with van der Waals surface area (Å²) in [6.45, 7) is 11.0. The van der Waals surface area contributed by atoms with Crippen LogP contribution in [0.4, 0.5) is 0 Å². The molecule has 0 aromatic heterocycles. The lowest BCUT2D eigenvalue weighted by Crippen LogP contribution is -2.45. The van der Waals surface area contributed by atoms with E-state index in [0.29, 0.717) is 17.8 Å². The topological polar surface area (TPSA) is 60.7 Å². The second-order valence-electron chi connectivity index (χ2n) is 11.0. The monoisotopic (exact) mass is 416 g/mol. The summed E-state index contributed by atoms with van der Waals surface area (Å²) in [5.41, 5.74) is 3.46. The number of hydrogen-bond acceptors (Lipinski definition) is 3. The number of hydrogen-bond donors (Lipinski definition) is 3. The van der Waals surface area contributed by atoms with Crippen LogP contribution in [0, 0.1) is 23.2 Å². The molecule has 0 aliphatic heterocycles. The van der Waals surface area contributed by atoms with Gasteiger partial charge in [-0.25, -0.2) is 0 Å². The average Bonchev–Trinajstić information content (AvgIpc) is 3.06. The quantitative estimate of drug-likeness (QED) is 0.498. The molecule has 2 unspecified atom stereocenters. The largest absolute Gasteiger partial charge is 0.396 e. The standard InChI is InChI=1S/C27H44O3/c1-19(18-28)7-5-16-27(4,30)25-14-13-24-21(8-6-15-26(24,25)3)10-11-22-17-23(29)12-9-20(22)2/h10-11,19,23-25,28-30H,2,5-9,12-18H2,1,3-4H3/t19?,23-,24?,25-,26-,27-/m0/s1. The van der Waals surface area contributed by atoms with Crippen molar-refractivity contribution in [2.24, 2.45) is 23.2 Å². The average molecular weight is 417 g/mol. The molecule has 0 heterocycles. The molecule has 0 saturated heterocycles. The highest BCUT2D eigenvalue weighted by molar-refractivity contribution is 5.36. The summed E-state index contributed by atoms with van der Waals surface area (Å²) in [6.07, 6.45) is 15.4. The molecule has 3 aliphatic carbocycles. The lowest BCUT2D eigenvalue weighted by molar-refractivity contribution is -0.0660. The zero-order valence-electron chi connectivity index (χ0n) is 19.5. The van der Waals surface area contributed by atoms with E-state index < -0.39 is 5.60 Å². The first-order valence-corrected chi connectivity index (χ1v) is 12.3. The van der Waals surface area contributed by atoms with E-state index in [-0.39, 0.29) is 18.1 Å². The van der Waals surface area contributed by atoms with Gasteiger partial charge in [-0.15, -0.1) is 0 Å². The van der Waals surface area contributed by atoms with Crippen LogP contribution in [0.3, 0.4) is 0 Å². The van der Waals surface area contributed by atoms with Crippen LogP contribution in [0.5, 0.6) is 0 Å². The maximum absolute atomic E-state index is 11.5. The molecule has 0 aromatic carbocycles. The molecule has 0 spiro atoms. The van der Waals surface area contributed by atoms with Gasteiger partial charge in [-0.3, -0.25) is 0 Å². The normalized spacial score (nSPS) is 37.9. The van der Waals surface area contributed by atoms with Crippen molar-refractivity contribution in [1.82, 2.24) is 0 Å². The van der Waals surface area contributed by atoms with Crippen molar-refractivity contribution >= 4 is 0 Å². The first-order valence-electron chi connectivity index (χ1n) is 12.3. The molecule has 0 bridgehead atoms. The third kappa shape index (κ3) is 5.11. The van der Waals surface area contributed by atoms with Gasteiger partial charge in [-0.1, -0.05) is 50.1 Å². The fraction of sp³-hybridized carbons (Fsp3) is 0.778. The Bertz CT molecular complexity index is 674. The van der Waals surface area contributed by atoms with Gasteiger partial charge in [0.1, 0.15) is 0 Å². The van der Waals surface area contributed by atoms with Gasteiger partial charge >= 0.3 is 0 Å². The fourth-order valence-electron chi connectivity index (χ4n) is 6.73. The summed E-state index contributed by atoms with van der Waals surface area (Å²) in [4.78, 5) is 0. The lowest BCUT2D eigenvalue weighted by atomic mass is 9.59.